The summed E-state index contributed by atoms with van der Waals surface area (Å²) in [6.45, 7) is 9.15. The number of fused-ring (bicyclic) bond motifs is 1. The molecule has 3 aromatic rings. The molecule has 2 aromatic carbocycles. The van der Waals surface area contributed by atoms with Crippen LogP contribution in [0, 0.1) is 0 Å². The van der Waals surface area contributed by atoms with Crippen LogP contribution in [0.25, 0.3) is 11.1 Å². The lowest BCUT2D eigenvalue weighted by atomic mass is 10.0. The van der Waals surface area contributed by atoms with Gasteiger partial charge in [-0.05, 0) is 35.6 Å². The Labute approximate surface area is 183 Å². The van der Waals surface area contributed by atoms with Gasteiger partial charge in [0.15, 0.2) is 5.58 Å². The van der Waals surface area contributed by atoms with E-state index in [0.29, 0.717) is 30.9 Å². The number of hydrogen-bond donors (Lipinski definition) is 0. The molecule has 0 atom stereocenters. The Morgan fingerprint density at radius 3 is 2.42 bits per heavy atom. The quantitative estimate of drug-likeness (QED) is 0.582. The monoisotopic (exact) mass is 421 g/mol. The van der Waals surface area contributed by atoms with Crippen molar-refractivity contribution in [1.29, 1.82) is 0 Å². The first-order valence-corrected chi connectivity index (χ1v) is 11.2. The summed E-state index contributed by atoms with van der Waals surface area (Å²) in [6, 6.07) is 16.3. The molecule has 2 heterocycles. The number of aromatic nitrogens is 1. The highest BCUT2D eigenvalue weighted by Crippen LogP contribution is 2.17. The molecule has 31 heavy (non-hydrogen) atoms. The zero-order chi connectivity index (χ0) is 21.8. The van der Waals surface area contributed by atoms with Crippen LogP contribution in [0.2, 0.25) is 0 Å². The van der Waals surface area contributed by atoms with Gasteiger partial charge < -0.3 is 9.32 Å². The van der Waals surface area contributed by atoms with Crippen molar-refractivity contribution in [2.24, 2.45) is 0 Å². The van der Waals surface area contributed by atoms with Crippen LogP contribution in [0.1, 0.15) is 43.7 Å². The van der Waals surface area contributed by atoms with Crippen LogP contribution in [0.3, 0.4) is 0 Å². The molecule has 1 aliphatic rings. The molecule has 6 nitrogen and oxygen atoms in total. The van der Waals surface area contributed by atoms with E-state index >= 15 is 0 Å². The summed E-state index contributed by atoms with van der Waals surface area (Å²) in [4.78, 5) is 29.0. The number of benzene rings is 2. The Morgan fingerprint density at radius 1 is 1.00 bits per heavy atom. The van der Waals surface area contributed by atoms with Crippen molar-refractivity contribution in [3.8, 4) is 0 Å². The molecule has 1 aliphatic heterocycles. The normalized spacial score (nSPS) is 15.1. The third-order valence-electron chi connectivity index (χ3n) is 6.12. The Hall–Kier alpha value is -2.86. The lowest BCUT2D eigenvalue weighted by molar-refractivity contribution is -0.133. The zero-order valence-electron chi connectivity index (χ0n) is 18.4. The van der Waals surface area contributed by atoms with Gasteiger partial charge in [-0.1, -0.05) is 50.2 Å². The van der Waals surface area contributed by atoms with Crippen LogP contribution in [0.15, 0.2) is 57.7 Å². The van der Waals surface area contributed by atoms with Crippen molar-refractivity contribution in [3.63, 3.8) is 0 Å². The van der Waals surface area contributed by atoms with Crippen LogP contribution in [-0.4, -0.2) is 46.5 Å². The van der Waals surface area contributed by atoms with Gasteiger partial charge in [-0.2, -0.15) is 0 Å². The van der Waals surface area contributed by atoms with E-state index < -0.39 is 0 Å². The second-order valence-electron chi connectivity index (χ2n) is 8.64. The molecule has 0 radical (unpaired) electrons. The van der Waals surface area contributed by atoms with Gasteiger partial charge in [0.2, 0.25) is 5.91 Å². The minimum atomic E-state index is -0.358. The second-order valence-corrected chi connectivity index (χ2v) is 8.64. The Kier molecular flexibility index (Phi) is 6.56. The average molecular weight is 422 g/mol. The largest absolute Gasteiger partial charge is 0.419 e. The standard InChI is InChI=1S/C25H31N3O3/c1-19(2)21-11-9-20(10-12-21)18-26-14-16-27(17-15-26)24(29)8-5-13-28-22-6-3-4-7-23(22)31-25(28)30/h3-4,6-7,9-12,19H,5,8,13-18H2,1-2H3. The zero-order valence-corrected chi connectivity index (χ0v) is 18.4. The van der Waals surface area contributed by atoms with E-state index in [1.807, 2.05) is 23.1 Å². The van der Waals surface area contributed by atoms with Crippen LogP contribution in [0.5, 0.6) is 0 Å². The summed E-state index contributed by atoms with van der Waals surface area (Å²) < 4.78 is 6.87. The van der Waals surface area contributed by atoms with Gasteiger partial charge in [-0.15, -0.1) is 0 Å². The molecule has 6 heteroatoms. The van der Waals surface area contributed by atoms with E-state index in [0.717, 1.165) is 38.2 Å². The van der Waals surface area contributed by atoms with Crippen LogP contribution < -0.4 is 5.76 Å². The molecule has 164 valence electrons. The van der Waals surface area contributed by atoms with Gasteiger partial charge >= 0.3 is 5.76 Å². The van der Waals surface area contributed by atoms with Crippen molar-refractivity contribution >= 4 is 17.0 Å². The number of carbonyl (C=O) groups excluding carboxylic acids is 1. The first kappa shape index (κ1) is 21.4. The summed E-state index contributed by atoms with van der Waals surface area (Å²) in [5.74, 6) is 0.361. The average Bonchev–Trinajstić information content (AvgIpc) is 3.10. The third-order valence-corrected chi connectivity index (χ3v) is 6.12. The fourth-order valence-electron chi connectivity index (χ4n) is 4.19. The SMILES string of the molecule is CC(C)c1ccc(CN2CCN(C(=O)CCCn3c(=O)oc4ccccc43)CC2)cc1. The molecular formula is C25H31N3O3. The van der Waals surface area contributed by atoms with Crippen molar-refractivity contribution in [3.05, 3.63) is 70.2 Å². The van der Waals surface area contributed by atoms with Gasteiger partial charge in [0.25, 0.3) is 0 Å². The van der Waals surface area contributed by atoms with E-state index in [1.165, 1.54) is 11.1 Å². The van der Waals surface area contributed by atoms with Gasteiger partial charge in [0.05, 0.1) is 5.52 Å². The number of oxazole rings is 1. The number of hydrogen-bond acceptors (Lipinski definition) is 4. The van der Waals surface area contributed by atoms with Crippen molar-refractivity contribution in [2.45, 2.75) is 45.7 Å². The highest BCUT2D eigenvalue weighted by atomic mass is 16.4. The first-order chi connectivity index (χ1) is 15.0. The van der Waals surface area contributed by atoms with Crippen LogP contribution in [-0.2, 0) is 17.9 Å². The molecule has 0 bridgehead atoms. The predicted molar refractivity (Wildman–Crippen MR) is 122 cm³/mol. The number of aryl methyl sites for hydroxylation is 1. The molecule has 4 rings (SSSR count). The number of carbonyl (C=O) groups is 1. The fraction of sp³-hybridized carbons (Fsp3) is 0.440. The molecule has 1 saturated heterocycles. The van der Waals surface area contributed by atoms with E-state index in [1.54, 1.807) is 10.6 Å². The predicted octanol–water partition coefficient (Wildman–Crippen LogP) is 3.84. The smallest absolute Gasteiger partial charge is 0.408 e. The molecule has 0 N–H and O–H groups in total. The van der Waals surface area contributed by atoms with Crippen LogP contribution >= 0.6 is 0 Å². The molecule has 1 aromatic heterocycles. The molecule has 0 saturated carbocycles. The maximum atomic E-state index is 12.6. The highest BCUT2D eigenvalue weighted by molar-refractivity contribution is 5.76. The Balaban J connectivity index is 1.23. The van der Waals surface area contributed by atoms with Gasteiger partial charge in [0, 0.05) is 45.7 Å². The summed E-state index contributed by atoms with van der Waals surface area (Å²) in [7, 11) is 0. The van der Waals surface area contributed by atoms with E-state index in [2.05, 4.69) is 43.0 Å². The molecular weight excluding hydrogens is 390 g/mol. The van der Waals surface area contributed by atoms with Crippen molar-refractivity contribution < 1.29 is 9.21 Å². The van der Waals surface area contributed by atoms with Crippen molar-refractivity contribution in [2.75, 3.05) is 26.2 Å². The maximum absolute atomic E-state index is 12.6. The molecule has 0 spiro atoms. The lowest BCUT2D eigenvalue weighted by Crippen LogP contribution is -2.48. The minimum Gasteiger partial charge on any atom is -0.408 e. The number of amides is 1. The second kappa shape index (κ2) is 9.52. The number of para-hydroxylation sites is 2. The van der Waals surface area contributed by atoms with E-state index in [-0.39, 0.29) is 11.7 Å². The topological polar surface area (TPSA) is 58.7 Å². The third kappa shape index (κ3) is 5.07. The lowest BCUT2D eigenvalue weighted by Gasteiger charge is -2.35. The number of piperazine rings is 1. The fourth-order valence-corrected chi connectivity index (χ4v) is 4.19. The van der Waals surface area contributed by atoms with Crippen LogP contribution in [0.4, 0.5) is 0 Å². The van der Waals surface area contributed by atoms with Gasteiger partial charge in [-0.3, -0.25) is 14.3 Å². The highest BCUT2D eigenvalue weighted by Gasteiger charge is 2.21. The summed E-state index contributed by atoms with van der Waals surface area (Å²) in [5.41, 5.74) is 4.07. The molecule has 1 amide bonds. The molecule has 0 aliphatic carbocycles. The minimum absolute atomic E-state index is 0.168. The Morgan fingerprint density at radius 2 is 1.71 bits per heavy atom. The molecule has 0 unspecified atom stereocenters. The summed E-state index contributed by atoms with van der Waals surface area (Å²) in [6.07, 6.45) is 1.08. The summed E-state index contributed by atoms with van der Waals surface area (Å²) in [5, 5.41) is 0. The Bertz CT molecular complexity index is 1070. The van der Waals surface area contributed by atoms with Gasteiger partial charge in [0.1, 0.15) is 0 Å². The summed E-state index contributed by atoms with van der Waals surface area (Å²) >= 11 is 0. The van der Waals surface area contributed by atoms with Crippen molar-refractivity contribution in [1.82, 2.24) is 14.4 Å². The van der Waals surface area contributed by atoms with E-state index in [9.17, 15) is 9.59 Å². The number of nitrogens with zero attached hydrogens (tertiary/aromatic N) is 3. The number of rotatable bonds is 7. The molecule has 1 fully saturated rings. The van der Waals surface area contributed by atoms with Gasteiger partial charge in [-0.25, -0.2) is 4.79 Å². The van der Waals surface area contributed by atoms with E-state index in [4.69, 9.17) is 4.42 Å². The first-order valence-electron chi connectivity index (χ1n) is 11.2. The maximum Gasteiger partial charge on any atom is 0.419 e.